The fraction of sp³-hybridized carbons (Fsp3) is 0.850. The first-order valence-corrected chi connectivity index (χ1v) is 10.00. The molecule has 0 heterocycles. The number of nitrogens with zero attached hydrogens (tertiary/aromatic N) is 1. The van der Waals surface area contributed by atoms with Gasteiger partial charge in [-0.15, -0.1) is 0 Å². The highest BCUT2D eigenvalue weighted by atomic mass is 16.8. The number of unbranched alkanes of at least 4 members (excludes halogenated alkanes) is 10. The van der Waals surface area contributed by atoms with Gasteiger partial charge in [0.2, 0.25) is 0 Å². The molecule has 1 amide bonds. The molecule has 0 aliphatic rings. The van der Waals surface area contributed by atoms with E-state index in [1.54, 1.807) is 0 Å². The molecular weight excluding hydrogens is 302 g/mol. The predicted molar refractivity (Wildman–Crippen MR) is 99.0 cm³/mol. The average molecular weight is 342 g/mol. The lowest BCUT2D eigenvalue weighted by atomic mass is 9.97. The maximum absolute atomic E-state index is 11.5. The lowest BCUT2D eigenvalue weighted by molar-refractivity contribution is -0.288. The van der Waals surface area contributed by atoms with Crippen molar-refractivity contribution in [2.24, 2.45) is 5.92 Å². The van der Waals surface area contributed by atoms with Crippen LogP contribution >= 0.6 is 0 Å². The molecular formula is C20H39NO3. The van der Waals surface area contributed by atoms with Crippen LogP contribution in [0.4, 0.5) is 0 Å². The fourth-order valence-corrected chi connectivity index (χ4v) is 2.95. The van der Waals surface area contributed by atoms with Gasteiger partial charge in [0.1, 0.15) is 0 Å². The second kappa shape index (κ2) is 17.0. The van der Waals surface area contributed by atoms with Crippen molar-refractivity contribution in [3.05, 3.63) is 12.2 Å². The Bertz CT molecular complexity index is 316. The Morgan fingerprint density at radius 1 is 0.833 bits per heavy atom. The Morgan fingerprint density at radius 2 is 1.33 bits per heavy atom. The van der Waals surface area contributed by atoms with Crippen LogP contribution in [0.1, 0.15) is 104 Å². The van der Waals surface area contributed by atoms with Crippen LogP contribution in [0.2, 0.25) is 0 Å². The van der Waals surface area contributed by atoms with Crippen LogP contribution in [-0.4, -0.2) is 21.5 Å². The average Bonchev–Trinajstić information content (AvgIpc) is 2.58. The zero-order valence-electron chi connectivity index (χ0n) is 15.9. The molecule has 142 valence electrons. The van der Waals surface area contributed by atoms with Crippen molar-refractivity contribution in [2.75, 3.05) is 0 Å². The van der Waals surface area contributed by atoms with E-state index in [1.165, 1.54) is 57.8 Å². The molecule has 0 aromatic heterocycles. The van der Waals surface area contributed by atoms with Gasteiger partial charge in [0.05, 0.1) is 0 Å². The molecule has 0 aromatic rings. The van der Waals surface area contributed by atoms with E-state index in [0.717, 1.165) is 25.7 Å². The van der Waals surface area contributed by atoms with Crippen LogP contribution in [0.15, 0.2) is 12.2 Å². The molecule has 4 nitrogen and oxygen atoms in total. The van der Waals surface area contributed by atoms with Crippen molar-refractivity contribution in [1.82, 2.24) is 5.23 Å². The van der Waals surface area contributed by atoms with E-state index in [4.69, 9.17) is 10.4 Å². The summed E-state index contributed by atoms with van der Waals surface area (Å²) in [6, 6.07) is 0. The third-order valence-electron chi connectivity index (χ3n) is 4.60. The largest absolute Gasteiger partial charge is 0.276 e. The summed E-state index contributed by atoms with van der Waals surface area (Å²) in [7, 11) is 0. The van der Waals surface area contributed by atoms with Gasteiger partial charge < -0.3 is 0 Å². The van der Waals surface area contributed by atoms with Gasteiger partial charge in [0.15, 0.2) is 0 Å². The van der Waals surface area contributed by atoms with Crippen LogP contribution < -0.4 is 0 Å². The molecule has 2 N–H and O–H groups in total. The highest BCUT2D eigenvalue weighted by Crippen LogP contribution is 2.16. The summed E-state index contributed by atoms with van der Waals surface area (Å²) < 4.78 is 0. The van der Waals surface area contributed by atoms with Gasteiger partial charge in [-0.05, 0) is 38.5 Å². The highest BCUT2D eigenvalue weighted by molar-refractivity contribution is 5.76. The van der Waals surface area contributed by atoms with Gasteiger partial charge in [-0.1, -0.05) is 82.6 Å². The molecule has 24 heavy (non-hydrogen) atoms. The Morgan fingerprint density at radius 3 is 1.83 bits per heavy atom. The topological polar surface area (TPSA) is 60.8 Å². The number of carbonyl (C=O) groups is 1. The summed E-state index contributed by atoms with van der Waals surface area (Å²) in [6.45, 7) is 4.16. The number of hydrogen-bond acceptors (Lipinski definition) is 3. The molecule has 0 rings (SSSR count). The van der Waals surface area contributed by atoms with Crippen molar-refractivity contribution in [1.29, 1.82) is 0 Å². The number of hydroxylamine groups is 2. The van der Waals surface area contributed by atoms with E-state index in [1.807, 2.05) is 6.92 Å². The minimum Gasteiger partial charge on any atom is -0.270 e. The van der Waals surface area contributed by atoms with Gasteiger partial charge in [0.25, 0.3) is 5.91 Å². The molecule has 0 bridgehead atoms. The zero-order valence-corrected chi connectivity index (χ0v) is 15.9. The Balaban J connectivity index is 3.41. The molecule has 0 radical (unpaired) electrons. The van der Waals surface area contributed by atoms with Gasteiger partial charge in [-0.3, -0.25) is 15.2 Å². The van der Waals surface area contributed by atoms with E-state index >= 15 is 0 Å². The molecule has 0 saturated carbocycles. The second-order valence-electron chi connectivity index (χ2n) is 6.75. The van der Waals surface area contributed by atoms with Crippen LogP contribution in [0, 0.1) is 5.92 Å². The molecule has 0 aliphatic heterocycles. The van der Waals surface area contributed by atoms with E-state index < -0.39 is 5.91 Å². The van der Waals surface area contributed by atoms with Gasteiger partial charge >= 0.3 is 0 Å². The van der Waals surface area contributed by atoms with Gasteiger partial charge in [-0.2, -0.15) is 0 Å². The first-order valence-electron chi connectivity index (χ1n) is 10.00. The Kier molecular flexibility index (Phi) is 16.4. The summed E-state index contributed by atoms with van der Waals surface area (Å²) in [6.07, 6.45) is 21.0. The van der Waals surface area contributed by atoms with E-state index in [-0.39, 0.29) is 11.1 Å². The predicted octanol–water partition coefficient (Wildman–Crippen LogP) is 6.27. The third kappa shape index (κ3) is 13.6. The lowest BCUT2D eigenvalue weighted by Crippen LogP contribution is -2.30. The summed E-state index contributed by atoms with van der Waals surface area (Å²) in [5.41, 5.74) is 0. The van der Waals surface area contributed by atoms with E-state index in [0.29, 0.717) is 6.42 Å². The summed E-state index contributed by atoms with van der Waals surface area (Å²) >= 11 is 0. The molecule has 0 aliphatic carbocycles. The first-order chi connectivity index (χ1) is 11.6. The fourth-order valence-electron chi connectivity index (χ4n) is 2.95. The van der Waals surface area contributed by atoms with E-state index in [2.05, 4.69) is 19.1 Å². The number of carbonyl (C=O) groups excluding carboxylic acids is 1. The van der Waals surface area contributed by atoms with Crippen LogP contribution in [0.5, 0.6) is 0 Å². The van der Waals surface area contributed by atoms with Crippen molar-refractivity contribution in [3.8, 4) is 0 Å². The Hall–Kier alpha value is -0.870. The molecule has 4 heteroatoms. The number of allylic oxidation sites excluding steroid dienone is 2. The third-order valence-corrected chi connectivity index (χ3v) is 4.60. The van der Waals surface area contributed by atoms with E-state index in [9.17, 15) is 4.79 Å². The normalized spacial score (nSPS) is 12.7. The monoisotopic (exact) mass is 341 g/mol. The first kappa shape index (κ1) is 23.1. The van der Waals surface area contributed by atoms with Crippen molar-refractivity contribution < 1.29 is 15.2 Å². The zero-order chi connectivity index (χ0) is 18.0. The minimum atomic E-state index is -0.588. The van der Waals surface area contributed by atoms with Crippen LogP contribution in [0.25, 0.3) is 0 Å². The number of rotatable bonds is 16. The van der Waals surface area contributed by atoms with Crippen LogP contribution in [-0.2, 0) is 4.79 Å². The van der Waals surface area contributed by atoms with Crippen LogP contribution in [0.3, 0.4) is 0 Å². The van der Waals surface area contributed by atoms with Crippen molar-refractivity contribution >= 4 is 5.91 Å². The summed E-state index contributed by atoms with van der Waals surface area (Å²) in [5.74, 6) is -0.854. The molecule has 0 saturated heterocycles. The standard InChI is InChI=1S/C20H39NO3/c1-3-5-6-7-8-9-10-11-12-13-14-15-16-17-18-19(4-2)20(22)21(23)24/h11-12,19,23-24H,3-10,13-18H2,1-2H3/b12-11-. The lowest BCUT2D eigenvalue weighted by Gasteiger charge is -2.15. The maximum atomic E-state index is 11.5. The maximum Gasteiger partial charge on any atom is 0.276 e. The summed E-state index contributed by atoms with van der Waals surface area (Å²) in [5, 5.41) is 17.3. The molecule has 0 aromatic carbocycles. The van der Waals surface area contributed by atoms with Crippen molar-refractivity contribution in [3.63, 3.8) is 0 Å². The summed E-state index contributed by atoms with van der Waals surface area (Å²) in [4.78, 5) is 11.5. The molecule has 1 atom stereocenters. The van der Waals surface area contributed by atoms with Crippen molar-refractivity contribution in [2.45, 2.75) is 104 Å². The Labute approximate surface area is 148 Å². The second-order valence-corrected chi connectivity index (χ2v) is 6.75. The SMILES string of the molecule is CCCCCCCC/C=C\CCCCCCC(CC)C(=O)N(O)O. The molecule has 0 spiro atoms. The van der Waals surface area contributed by atoms with Gasteiger partial charge in [0, 0.05) is 5.92 Å². The minimum absolute atomic E-state index is 0.261. The highest BCUT2D eigenvalue weighted by Gasteiger charge is 2.20. The van der Waals surface area contributed by atoms with Gasteiger partial charge in [-0.25, -0.2) is 0 Å². The number of amides is 1. The molecule has 0 fully saturated rings. The number of hydrogen-bond donors (Lipinski definition) is 2. The quantitative estimate of drug-likeness (QED) is 0.151. The smallest absolute Gasteiger partial charge is 0.270 e. The molecule has 1 unspecified atom stereocenters.